The van der Waals surface area contributed by atoms with E-state index in [0.29, 0.717) is 45.6 Å². The topological polar surface area (TPSA) is 100 Å². The van der Waals surface area contributed by atoms with E-state index in [0.717, 1.165) is 13.1 Å². The molecule has 4 rings (SSSR count). The third kappa shape index (κ3) is 3.99. The summed E-state index contributed by atoms with van der Waals surface area (Å²) in [6.07, 6.45) is 0.431. The van der Waals surface area contributed by atoms with Crippen LogP contribution in [0.25, 0.3) is 21.4 Å². The third-order valence-electron chi connectivity index (χ3n) is 5.62. The minimum absolute atomic E-state index is 0. The molecule has 1 fully saturated rings. The summed E-state index contributed by atoms with van der Waals surface area (Å²) in [5, 5.41) is 10.7. The number of hydrogen-bond donors (Lipinski definition) is 1. The van der Waals surface area contributed by atoms with E-state index < -0.39 is 5.63 Å². The SMILES string of the molecule is COc1cc2c(C)c(-c3ccc(C(=O)N4CCN(C)CC4)s3)c(=O)oc2c(C=O)c1O.Cl. The number of phenols is 1. The van der Waals surface area contributed by atoms with Crippen molar-refractivity contribution in [3.05, 3.63) is 44.6 Å². The van der Waals surface area contributed by atoms with Crippen LogP contribution < -0.4 is 10.4 Å². The number of ether oxygens (including phenoxy) is 1. The molecule has 170 valence electrons. The van der Waals surface area contributed by atoms with Crippen molar-refractivity contribution < 1.29 is 23.8 Å². The molecule has 1 N–H and O–H groups in total. The number of fused-ring (bicyclic) bond motifs is 1. The van der Waals surface area contributed by atoms with Gasteiger partial charge in [-0.3, -0.25) is 9.59 Å². The maximum absolute atomic E-state index is 12.9. The number of carbonyl (C=O) groups is 2. The van der Waals surface area contributed by atoms with Gasteiger partial charge < -0.3 is 24.1 Å². The van der Waals surface area contributed by atoms with Gasteiger partial charge in [0.05, 0.1) is 17.6 Å². The van der Waals surface area contributed by atoms with E-state index in [2.05, 4.69) is 4.90 Å². The Bertz CT molecular complexity index is 1240. The molecule has 0 atom stereocenters. The van der Waals surface area contributed by atoms with Crippen LogP contribution in [0, 0.1) is 6.92 Å². The minimum atomic E-state index is -0.641. The highest BCUT2D eigenvalue weighted by Crippen LogP contribution is 2.39. The summed E-state index contributed by atoms with van der Waals surface area (Å²) in [6.45, 7) is 4.71. The van der Waals surface area contributed by atoms with Crippen LogP contribution in [0.4, 0.5) is 0 Å². The van der Waals surface area contributed by atoms with Crippen LogP contribution >= 0.6 is 23.7 Å². The Balaban J connectivity index is 0.00000289. The van der Waals surface area contributed by atoms with Crippen molar-refractivity contribution in [2.45, 2.75) is 6.92 Å². The van der Waals surface area contributed by atoms with Gasteiger partial charge >= 0.3 is 5.63 Å². The maximum Gasteiger partial charge on any atom is 0.345 e. The Morgan fingerprint density at radius 1 is 1.25 bits per heavy atom. The zero-order valence-electron chi connectivity index (χ0n) is 17.8. The van der Waals surface area contributed by atoms with Gasteiger partial charge in [-0.05, 0) is 37.7 Å². The molecule has 1 saturated heterocycles. The molecule has 2 aromatic heterocycles. The summed E-state index contributed by atoms with van der Waals surface area (Å²) in [6, 6.07) is 4.98. The van der Waals surface area contributed by atoms with Gasteiger partial charge in [-0.2, -0.15) is 0 Å². The van der Waals surface area contributed by atoms with Crippen molar-refractivity contribution in [2.24, 2.45) is 0 Å². The Kier molecular flexibility index (Phi) is 6.92. The Labute approximate surface area is 194 Å². The standard InChI is InChI=1S/C22H22N2O6S.ClH/c1-12-13-10-15(29-3)19(26)14(11-25)20(13)30-22(28)18(12)16-4-5-17(31-16)21(27)24-8-6-23(2)7-9-24;/h4-5,10-11,26H,6-9H2,1-3H3;1H. The highest BCUT2D eigenvalue weighted by molar-refractivity contribution is 7.17. The number of thiophene rings is 1. The number of likely N-dealkylation sites (N-methyl/N-ethyl adjacent to an activating group) is 1. The molecule has 0 radical (unpaired) electrons. The van der Waals surface area contributed by atoms with Crippen LogP contribution in [0.15, 0.2) is 27.4 Å². The Morgan fingerprint density at radius 3 is 2.56 bits per heavy atom. The second-order valence-corrected chi connectivity index (χ2v) is 8.57. The number of halogens is 1. The highest BCUT2D eigenvalue weighted by atomic mass is 35.5. The fourth-order valence-corrected chi connectivity index (χ4v) is 4.84. The summed E-state index contributed by atoms with van der Waals surface area (Å²) < 4.78 is 10.6. The van der Waals surface area contributed by atoms with Crippen LogP contribution in [0.5, 0.6) is 11.5 Å². The molecule has 0 aliphatic carbocycles. The summed E-state index contributed by atoms with van der Waals surface area (Å²) >= 11 is 1.23. The zero-order valence-corrected chi connectivity index (χ0v) is 19.5. The van der Waals surface area contributed by atoms with Gasteiger partial charge in [0.1, 0.15) is 5.56 Å². The normalized spacial score (nSPS) is 14.3. The summed E-state index contributed by atoms with van der Waals surface area (Å²) in [5.74, 6) is -0.326. The molecule has 3 heterocycles. The van der Waals surface area contributed by atoms with Gasteiger partial charge in [-0.25, -0.2) is 4.79 Å². The second-order valence-electron chi connectivity index (χ2n) is 7.48. The average molecular weight is 479 g/mol. The largest absolute Gasteiger partial charge is 0.504 e. The van der Waals surface area contributed by atoms with E-state index in [1.165, 1.54) is 24.5 Å². The highest BCUT2D eigenvalue weighted by Gasteiger charge is 2.24. The summed E-state index contributed by atoms with van der Waals surface area (Å²) in [7, 11) is 3.40. The second kappa shape index (κ2) is 9.32. The van der Waals surface area contributed by atoms with E-state index in [1.807, 2.05) is 11.9 Å². The van der Waals surface area contributed by atoms with E-state index in [1.54, 1.807) is 19.1 Å². The molecule has 0 unspecified atom stereocenters. The molecule has 10 heteroatoms. The minimum Gasteiger partial charge on any atom is -0.504 e. The molecule has 0 spiro atoms. The number of nitrogens with zero attached hydrogens (tertiary/aromatic N) is 2. The van der Waals surface area contributed by atoms with E-state index in [-0.39, 0.29) is 41.0 Å². The molecule has 1 amide bonds. The lowest BCUT2D eigenvalue weighted by atomic mass is 10.0. The van der Waals surface area contributed by atoms with Gasteiger partial charge in [-0.1, -0.05) is 0 Å². The van der Waals surface area contributed by atoms with Crippen molar-refractivity contribution in [2.75, 3.05) is 40.3 Å². The third-order valence-corrected chi connectivity index (χ3v) is 6.71. The fraction of sp³-hybridized carbons (Fsp3) is 0.318. The Hall–Kier alpha value is -2.88. The molecule has 1 aromatic carbocycles. The number of methoxy groups -OCH3 is 1. The Morgan fingerprint density at radius 2 is 1.94 bits per heavy atom. The first-order valence-corrected chi connectivity index (χ1v) is 10.6. The average Bonchev–Trinajstić information content (AvgIpc) is 3.23. The van der Waals surface area contributed by atoms with Crippen LogP contribution in [0.3, 0.4) is 0 Å². The lowest BCUT2D eigenvalue weighted by Crippen LogP contribution is -2.46. The maximum atomic E-state index is 12.9. The molecule has 1 aliphatic heterocycles. The number of benzene rings is 1. The lowest BCUT2D eigenvalue weighted by molar-refractivity contribution is 0.0669. The van der Waals surface area contributed by atoms with Crippen LogP contribution in [-0.2, 0) is 0 Å². The number of carbonyl (C=O) groups excluding carboxylic acids is 2. The van der Waals surface area contributed by atoms with Gasteiger partial charge in [0.2, 0.25) is 0 Å². The molecule has 3 aromatic rings. The molecular weight excluding hydrogens is 456 g/mol. The van der Waals surface area contributed by atoms with E-state index >= 15 is 0 Å². The van der Waals surface area contributed by atoms with Gasteiger partial charge in [0.15, 0.2) is 23.4 Å². The first kappa shape index (κ1) is 23.8. The molecule has 0 saturated carbocycles. The number of aromatic hydroxyl groups is 1. The van der Waals surface area contributed by atoms with Gasteiger partial charge in [0, 0.05) is 36.4 Å². The molecule has 8 nitrogen and oxygen atoms in total. The number of piperazine rings is 1. The first-order chi connectivity index (χ1) is 14.8. The number of aryl methyl sites for hydroxylation is 1. The molecule has 0 bridgehead atoms. The van der Waals surface area contributed by atoms with Crippen molar-refractivity contribution >= 4 is 46.9 Å². The van der Waals surface area contributed by atoms with Crippen LogP contribution in [0.2, 0.25) is 0 Å². The molecule has 1 aliphatic rings. The quantitative estimate of drug-likeness (QED) is 0.454. The van der Waals surface area contributed by atoms with Gasteiger partial charge in [-0.15, -0.1) is 23.7 Å². The number of phenolic OH excluding ortho intramolecular Hbond substituents is 1. The lowest BCUT2D eigenvalue weighted by Gasteiger charge is -2.32. The summed E-state index contributed by atoms with van der Waals surface area (Å²) in [5.41, 5.74) is 0.119. The van der Waals surface area contributed by atoms with Crippen molar-refractivity contribution in [1.29, 1.82) is 0 Å². The number of hydrogen-bond acceptors (Lipinski definition) is 8. The predicted octanol–water partition coefficient (Wildman–Crippen LogP) is 3.17. The number of aldehydes is 1. The van der Waals surface area contributed by atoms with Crippen molar-refractivity contribution in [3.8, 4) is 21.9 Å². The van der Waals surface area contributed by atoms with E-state index in [4.69, 9.17) is 9.15 Å². The number of amides is 1. The number of rotatable bonds is 4. The monoisotopic (exact) mass is 478 g/mol. The molecule has 32 heavy (non-hydrogen) atoms. The van der Waals surface area contributed by atoms with Crippen LogP contribution in [0.1, 0.15) is 25.6 Å². The summed E-state index contributed by atoms with van der Waals surface area (Å²) in [4.78, 5) is 42.3. The molecular formula is C22H23ClN2O6S. The first-order valence-electron chi connectivity index (χ1n) is 9.76. The zero-order chi connectivity index (χ0) is 22.3. The van der Waals surface area contributed by atoms with Crippen LogP contribution in [-0.4, -0.2) is 67.4 Å². The van der Waals surface area contributed by atoms with Crippen molar-refractivity contribution in [3.63, 3.8) is 0 Å². The smallest absolute Gasteiger partial charge is 0.345 e. The van der Waals surface area contributed by atoms with Gasteiger partial charge in [0.25, 0.3) is 5.91 Å². The fourth-order valence-electron chi connectivity index (χ4n) is 3.77. The van der Waals surface area contributed by atoms with Crippen molar-refractivity contribution in [1.82, 2.24) is 9.80 Å². The predicted molar refractivity (Wildman–Crippen MR) is 125 cm³/mol. The van der Waals surface area contributed by atoms with E-state index in [9.17, 15) is 19.5 Å².